The van der Waals surface area contributed by atoms with Crippen LogP contribution in [0.2, 0.25) is 0 Å². The summed E-state index contributed by atoms with van der Waals surface area (Å²) in [7, 11) is 0. The quantitative estimate of drug-likeness (QED) is 0.891. The predicted octanol–water partition coefficient (Wildman–Crippen LogP) is 3.81. The average Bonchev–Trinajstić information content (AvgIpc) is 2.47. The molecule has 0 aromatic heterocycles. The largest absolute Gasteiger partial charge is 0.382 e. The summed E-state index contributed by atoms with van der Waals surface area (Å²) in [6.07, 6.45) is 6.26. The van der Waals surface area contributed by atoms with Crippen molar-refractivity contribution >= 4 is 5.69 Å². The van der Waals surface area contributed by atoms with Gasteiger partial charge >= 0.3 is 0 Å². The van der Waals surface area contributed by atoms with Crippen molar-refractivity contribution in [2.45, 2.75) is 45.1 Å². The zero-order valence-electron chi connectivity index (χ0n) is 11.3. The molecule has 3 nitrogen and oxygen atoms in total. The molecular weight excluding hydrogens is 234 g/mol. The van der Waals surface area contributed by atoms with Crippen LogP contribution in [0.4, 0.5) is 5.69 Å². The summed E-state index contributed by atoms with van der Waals surface area (Å²) in [6.45, 7) is 2.25. The van der Waals surface area contributed by atoms with Gasteiger partial charge in [-0.05, 0) is 37.0 Å². The van der Waals surface area contributed by atoms with Crippen molar-refractivity contribution in [1.29, 1.82) is 10.5 Å². The van der Waals surface area contributed by atoms with E-state index in [0.717, 1.165) is 11.6 Å². The lowest BCUT2D eigenvalue weighted by atomic mass is 9.84. The molecule has 0 bridgehead atoms. The van der Waals surface area contributed by atoms with E-state index in [2.05, 4.69) is 18.3 Å². The van der Waals surface area contributed by atoms with E-state index in [1.165, 1.54) is 32.1 Å². The third kappa shape index (κ3) is 3.26. The number of benzene rings is 1. The molecule has 0 saturated heterocycles. The van der Waals surface area contributed by atoms with Gasteiger partial charge in [-0.2, -0.15) is 10.5 Å². The maximum Gasteiger partial charge on any atom is 0.101 e. The Morgan fingerprint density at radius 2 is 2.00 bits per heavy atom. The summed E-state index contributed by atoms with van der Waals surface area (Å²) in [5.41, 5.74) is 1.86. The van der Waals surface area contributed by atoms with Crippen LogP contribution >= 0.6 is 0 Å². The second kappa shape index (κ2) is 6.25. The molecule has 19 heavy (non-hydrogen) atoms. The minimum atomic E-state index is 0.447. The van der Waals surface area contributed by atoms with E-state index in [9.17, 15) is 0 Å². The molecule has 0 heterocycles. The minimum absolute atomic E-state index is 0.447. The van der Waals surface area contributed by atoms with Crippen LogP contribution in [0.15, 0.2) is 18.2 Å². The lowest BCUT2D eigenvalue weighted by Crippen LogP contribution is -2.27. The molecule has 1 aromatic rings. The van der Waals surface area contributed by atoms with E-state index >= 15 is 0 Å². The minimum Gasteiger partial charge on any atom is -0.382 e. The summed E-state index contributed by atoms with van der Waals surface area (Å²) in [6, 6.07) is 10.0. The Hall–Kier alpha value is -2.00. The molecule has 1 saturated carbocycles. The van der Waals surface area contributed by atoms with E-state index < -0.39 is 0 Å². The molecule has 2 unspecified atom stereocenters. The van der Waals surface area contributed by atoms with Crippen molar-refractivity contribution in [1.82, 2.24) is 0 Å². The molecule has 1 aliphatic carbocycles. The van der Waals surface area contributed by atoms with E-state index in [0.29, 0.717) is 17.2 Å². The van der Waals surface area contributed by atoms with Gasteiger partial charge in [0.1, 0.15) is 12.1 Å². The van der Waals surface area contributed by atoms with Crippen molar-refractivity contribution in [3.05, 3.63) is 29.3 Å². The Bertz CT molecular complexity index is 522. The highest BCUT2D eigenvalue weighted by molar-refractivity contribution is 5.56. The van der Waals surface area contributed by atoms with Crippen LogP contribution < -0.4 is 5.32 Å². The fourth-order valence-electron chi connectivity index (χ4n) is 2.85. The van der Waals surface area contributed by atoms with Crippen LogP contribution in [0.5, 0.6) is 0 Å². The van der Waals surface area contributed by atoms with Gasteiger partial charge in [-0.1, -0.05) is 26.2 Å². The molecule has 2 rings (SSSR count). The predicted molar refractivity (Wildman–Crippen MR) is 75.5 cm³/mol. The average molecular weight is 253 g/mol. The summed E-state index contributed by atoms with van der Waals surface area (Å²) in [5, 5.41) is 21.4. The molecule has 0 radical (unpaired) electrons. The summed E-state index contributed by atoms with van der Waals surface area (Å²) in [5.74, 6) is 0.820. The normalized spacial score (nSPS) is 22.3. The highest BCUT2D eigenvalue weighted by Crippen LogP contribution is 2.29. The smallest absolute Gasteiger partial charge is 0.101 e. The highest BCUT2D eigenvalue weighted by atomic mass is 14.9. The van der Waals surface area contributed by atoms with Crippen LogP contribution in [0.25, 0.3) is 0 Å². The maximum atomic E-state index is 9.03. The van der Waals surface area contributed by atoms with Crippen molar-refractivity contribution in [2.24, 2.45) is 5.92 Å². The number of rotatable bonds is 3. The van der Waals surface area contributed by atoms with Crippen LogP contribution in [0, 0.1) is 28.6 Å². The van der Waals surface area contributed by atoms with Gasteiger partial charge < -0.3 is 5.32 Å². The lowest BCUT2D eigenvalue weighted by molar-refractivity contribution is 0.327. The van der Waals surface area contributed by atoms with Gasteiger partial charge in [0.05, 0.1) is 11.1 Å². The first-order valence-electron chi connectivity index (χ1n) is 6.97. The van der Waals surface area contributed by atoms with Crippen molar-refractivity contribution in [2.75, 3.05) is 5.32 Å². The van der Waals surface area contributed by atoms with Crippen LogP contribution in [-0.2, 0) is 0 Å². The second-order valence-corrected chi connectivity index (χ2v) is 5.27. The highest BCUT2D eigenvalue weighted by Gasteiger charge is 2.20. The Labute approximate surface area is 114 Å². The number of nitrogens with one attached hydrogen (secondary N) is 1. The standard InChI is InChI=1S/C16H19N3/c1-2-12-4-3-5-15(8-12)19-16-7-6-13(10-17)14(9-16)11-18/h6-7,9,12,15,19H,2-5,8H2,1H3. The Kier molecular flexibility index (Phi) is 4.42. The van der Waals surface area contributed by atoms with E-state index in [1.807, 2.05) is 12.1 Å². The topological polar surface area (TPSA) is 59.6 Å². The van der Waals surface area contributed by atoms with Crippen molar-refractivity contribution in [3.8, 4) is 12.1 Å². The molecule has 3 heteroatoms. The Balaban J connectivity index is 2.07. The van der Waals surface area contributed by atoms with Gasteiger partial charge in [0.25, 0.3) is 0 Å². The fraction of sp³-hybridized carbons (Fsp3) is 0.500. The third-order valence-electron chi connectivity index (χ3n) is 3.99. The van der Waals surface area contributed by atoms with Crippen LogP contribution in [-0.4, -0.2) is 6.04 Å². The van der Waals surface area contributed by atoms with Crippen molar-refractivity contribution < 1.29 is 0 Å². The van der Waals surface area contributed by atoms with Gasteiger partial charge in [-0.25, -0.2) is 0 Å². The number of nitrogens with zero attached hydrogens (tertiary/aromatic N) is 2. The van der Waals surface area contributed by atoms with Gasteiger partial charge in [0.2, 0.25) is 0 Å². The molecule has 0 amide bonds. The summed E-state index contributed by atoms with van der Waals surface area (Å²) < 4.78 is 0. The van der Waals surface area contributed by atoms with Crippen molar-refractivity contribution in [3.63, 3.8) is 0 Å². The first-order valence-corrected chi connectivity index (χ1v) is 6.97. The molecule has 1 N–H and O–H groups in total. The zero-order valence-corrected chi connectivity index (χ0v) is 11.3. The number of hydrogen-bond acceptors (Lipinski definition) is 3. The molecule has 2 atom stereocenters. The SMILES string of the molecule is CCC1CCCC(Nc2ccc(C#N)c(C#N)c2)C1. The van der Waals surface area contributed by atoms with Crippen LogP contribution in [0.3, 0.4) is 0 Å². The molecule has 0 aliphatic heterocycles. The van der Waals surface area contributed by atoms with Gasteiger partial charge in [0, 0.05) is 11.7 Å². The Morgan fingerprint density at radius 1 is 1.21 bits per heavy atom. The van der Waals surface area contributed by atoms with E-state index in [-0.39, 0.29) is 0 Å². The number of hydrogen-bond donors (Lipinski definition) is 1. The lowest BCUT2D eigenvalue weighted by Gasteiger charge is -2.29. The first kappa shape index (κ1) is 13.4. The van der Waals surface area contributed by atoms with Gasteiger partial charge in [-0.15, -0.1) is 0 Å². The number of nitriles is 2. The summed E-state index contributed by atoms with van der Waals surface area (Å²) in [4.78, 5) is 0. The third-order valence-corrected chi connectivity index (χ3v) is 3.99. The van der Waals surface area contributed by atoms with E-state index in [1.54, 1.807) is 12.1 Å². The maximum absolute atomic E-state index is 9.03. The first-order chi connectivity index (χ1) is 9.26. The number of anilines is 1. The fourth-order valence-corrected chi connectivity index (χ4v) is 2.85. The second-order valence-electron chi connectivity index (χ2n) is 5.27. The molecule has 1 aliphatic rings. The van der Waals surface area contributed by atoms with E-state index in [4.69, 9.17) is 10.5 Å². The molecule has 1 fully saturated rings. The molecule has 1 aromatic carbocycles. The van der Waals surface area contributed by atoms with Gasteiger partial charge in [0.15, 0.2) is 0 Å². The zero-order chi connectivity index (χ0) is 13.7. The monoisotopic (exact) mass is 253 g/mol. The molecular formula is C16H19N3. The summed E-state index contributed by atoms with van der Waals surface area (Å²) >= 11 is 0. The van der Waals surface area contributed by atoms with Gasteiger partial charge in [-0.3, -0.25) is 0 Å². The Morgan fingerprint density at radius 3 is 2.68 bits per heavy atom. The van der Waals surface area contributed by atoms with Crippen LogP contribution in [0.1, 0.15) is 50.2 Å². The molecule has 98 valence electrons. The molecule has 0 spiro atoms.